The first-order valence-corrected chi connectivity index (χ1v) is 14.7. The van der Waals surface area contributed by atoms with E-state index in [0.717, 1.165) is 16.7 Å². The molecule has 0 amide bonds. The number of hydrogen-bond donors (Lipinski definition) is 0. The largest absolute Gasteiger partial charge is 0.489 e. The molecule has 0 aliphatic rings. The number of ether oxygens (including phenoxy) is 2. The van der Waals surface area contributed by atoms with Crippen LogP contribution >= 0.6 is 23.2 Å². The minimum absolute atomic E-state index is 0.0263. The Hall–Kier alpha value is -3.36. The van der Waals surface area contributed by atoms with E-state index in [1.165, 1.54) is 23.5 Å². The van der Waals surface area contributed by atoms with Crippen LogP contribution in [-0.2, 0) is 34.3 Å². The number of methoxy groups -OCH3 is 1. The first kappa shape index (κ1) is 29.6. The first-order valence-electron chi connectivity index (χ1n) is 12.6. The van der Waals surface area contributed by atoms with Crippen molar-refractivity contribution < 1.29 is 22.7 Å². The molecule has 40 heavy (non-hydrogen) atoms. The second-order valence-corrected chi connectivity index (χ2v) is 12.1. The quantitative estimate of drug-likeness (QED) is 0.172. The Morgan fingerprint density at radius 1 is 0.800 bits per heavy atom. The number of hydrogen-bond acceptors (Lipinski definition) is 5. The Morgan fingerprint density at radius 2 is 1.38 bits per heavy atom. The van der Waals surface area contributed by atoms with Crippen LogP contribution in [0.3, 0.4) is 0 Å². The van der Waals surface area contributed by atoms with Crippen LogP contribution in [0.2, 0.25) is 10.0 Å². The zero-order valence-electron chi connectivity index (χ0n) is 22.1. The lowest BCUT2D eigenvalue weighted by molar-refractivity contribution is 0.0599. The number of sulfonamides is 1. The van der Waals surface area contributed by atoms with E-state index in [1.54, 1.807) is 37.3 Å². The topological polar surface area (TPSA) is 72.9 Å². The van der Waals surface area contributed by atoms with Gasteiger partial charge in [0.25, 0.3) is 0 Å². The molecule has 0 atom stereocenters. The van der Waals surface area contributed by atoms with Crippen LogP contribution in [0, 0.1) is 6.92 Å². The summed E-state index contributed by atoms with van der Waals surface area (Å²) in [6.45, 7) is 2.51. The third-order valence-electron chi connectivity index (χ3n) is 6.42. The van der Waals surface area contributed by atoms with Gasteiger partial charge in [-0.25, -0.2) is 13.2 Å². The van der Waals surface area contributed by atoms with Gasteiger partial charge < -0.3 is 9.47 Å². The number of carbonyl (C=O) groups is 1. The van der Waals surface area contributed by atoms with E-state index < -0.39 is 16.0 Å². The summed E-state index contributed by atoms with van der Waals surface area (Å²) in [5.41, 5.74) is 3.59. The average molecular weight is 599 g/mol. The van der Waals surface area contributed by atoms with Crippen molar-refractivity contribution in [2.45, 2.75) is 31.4 Å². The van der Waals surface area contributed by atoms with Gasteiger partial charge in [0, 0.05) is 23.1 Å². The molecule has 4 aromatic carbocycles. The molecular formula is C31H29Cl2NO5S. The van der Waals surface area contributed by atoms with Gasteiger partial charge in [-0.05, 0) is 84.1 Å². The van der Waals surface area contributed by atoms with Crippen LogP contribution in [0.15, 0.2) is 95.9 Å². The van der Waals surface area contributed by atoms with Crippen molar-refractivity contribution in [1.82, 2.24) is 4.31 Å². The lowest BCUT2D eigenvalue weighted by Crippen LogP contribution is -2.32. The molecule has 0 N–H and O–H groups in total. The summed E-state index contributed by atoms with van der Waals surface area (Å²) in [6, 6.07) is 26.6. The Balaban J connectivity index is 1.51. The molecule has 9 heteroatoms. The van der Waals surface area contributed by atoms with Crippen molar-refractivity contribution in [2.24, 2.45) is 0 Å². The minimum Gasteiger partial charge on any atom is -0.489 e. The lowest BCUT2D eigenvalue weighted by atomic mass is 10.1. The number of halogens is 2. The summed E-state index contributed by atoms with van der Waals surface area (Å²) < 4.78 is 39.7. The summed E-state index contributed by atoms with van der Waals surface area (Å²) >= 11 is 12.0. The van der Waals surface area contributed by atoms with Crippen LogP contribution < -0.4 is 4.74 Å². The fourth-order valence-corrected chi connectivity index (χ4v) is 5.78. The van der Waals surface area contributed by atoms with Crippen LogP contribution in [0.5, 0.6) is 5.75 Å². The van der Waals surface area contributed by atoms with E-state index in [9.17, 15) is 13.2 Å². The molecule has 208 valence electrons. The number of rotatable bonds is 11. The van der Waals surface area contributed by atoms with Crippen molar-refractivity contribution in [2.75, 3.05) is 13.7 Å². The highest BCUT2D eigenvalue weighted by molar-refractivity contribution is 7.89. The molecule has 0 aromatic heterocycles. The van der Waals surface area contributed by atoms with Crippen LogP contribution in [0.4, 0.5) is 0 Å². The van der Waals surface area contributed by atoms with Gasteiger partial charge in [-0.15, -0.1) is 0 Å². The van der Waals surface area contributed by atoms with Crippen molar-refractivity contribution >= 4 is 39.2 Å². The summed E-state index contributed by atoms with van der Waals surface area (Å²) in [4.78, 5) is 12.3. The van der Waals surface area contributed by atoms with Crippen LogP contribution in [0.25, 0.3) is 0 Å². The molecule has 0 radical (unpaired) electrons. The van der Waals surface area contributed by atoms with Gasteiger partial charge in [0.2, 0.25) is 10.0 Å². The summed E-state index contributed by atoms with van der Waals surface area (Å²) in [5, 5.41) is 1.24. The molecule has 6 nitrogen and oxygen atoms in total. The minimum atomic E-state index is -3.95. The summed E-state index contributed by atoms with van der Waals surface area (Å²) in [7, 11) is -2.68. The third kappa shape index (κ3) is 7.64. The van der Waals surface area contributed by atoms with Gasteiger partial charge in [0.15, 0.2) is 0 Å². The number of esters is 1. The first-order chi connectivity index (χ1) is 19.2. The van der Waals surface area contributed by atoms with Crippen molar-refractivity contribution in [3.05, 3.63) is 129 Å². The molecule has 0 saturated heterocycles. The number of benzene rings is 4. The maximum absolute atomic E-state index is 13.8. The molecule has 0 aliphatic carbocycles. The lowest BCUT2D eigenvalue weighted by Gasteiger charge is -2.23. The standard InChI is InChI=1S/C31H29Cl2NO5S/c1-22-3-16-29(19-30(22)31(35)38-2)40(36,37)34(20-24-4-10-26(32)11-5-24)18-17-23-8-14-28(15-9-23)39-21-25-6-12-27(33)13-7-25/h3-16,19H,17-18,20-21H2,1-2H3. The SMILES string of the molecule is COC(=O)c1cc(S(=O)(=O)N(CCc2ccc(OCc3ccc(Cl)cc3)cc2)Cc2ccc(Cl)cc2)ccc1C. The second-order valence-electron chi connectivity index (χ2n) is 9.24. The Labute approximate surface area is 245 Å². The molecule has 0 unspecified atom stereocenters. The predicted octanol–water partition coefficient (Wildman–Crippen LogP) is 7.10. The van der Waals surface area contributed by atoms with Gasteiger partial charge in [-0.2, -0.15) is 4.31 Å². The van der Waals surface area contributed by atoms with E-state index in [-0.39, 0.29) is 23.5 Å². The zero-order valence-corrected chi connectivity index (χ0v) is 24.5. The van der Waals surface area contributed by atoms with Crippen molar-refractivity contribution in [3.63, 3.8) is 0 Å². The van der Waals surface area contributed by atoms with Gasteiger partial charge in [-0.1, -0.05) is 65.7 Å². The van der Waals surface area contributed by atoms with E-state index >= 15 is 0 Å². The molecule has 0 spiro atoms. The molecule has 0 aliphatic heterocycles. The van der Waals surface area contributed by atoms with Gasteiger partial charge in [0.1, 0.15) is 12.4 Å². The Bertz CT molecular complexity index is 1560. The van der Waals surface area contributed by atoms with Crippen molar-refractivity contribution in [1.29, 1.82) is 0 Å². The van der Waals surface area contributed by atoms with Gasteiger partial charge in [0.05, 0.1) is 17.6 Å². The highest BCUT2D eigenvalue weighted by atomic mass is 35.5. The molecule has 4 aromatic rings. The van der Waals surface area contributed by atoms with Gasteiger partial charge >= 0.3 is 5.97 Å². The maximum atomic E-state index is 13.8. The van der Waals surface area contributed by atoms with Crippen LogP contribution in [-0.4, -0.2) is 32.3 Å². The fraction of sp³-hybridized carbons (Fsp3) is 0.194. The number of carbonyl (C=O) groups excluding carboxylic acids is 1. The summed E-state index contributed by atoms with van der Waals surface area (Å²) in [5.74, 6) is 0.122. The molecular weight excluding hydrogens is 569 g/mol. The average Bonchev–Trinajstić information content (AvgIpc) is 2.96. The molecule has 4 rings (SSSR count). The highest BCUT2D eigenvalue weighted by Crippen LogP contribution is 2.24. The Morgan fingerprint density at radius 3 is 1.98 bits per heavy atom. The monoisotopic (exact) mass is 597 g/mol. The van der Waals surface area contributed by atoms with Crippen LogP contribution in [0.1, 0.15) is 32.6 Å². The van der Waals surface area contributed by atoms with Crippen molar-refractivity contribution in [3.8, 4) is 5.75 Å². The fourth-order valence-electron chi connectivity index (χ4n) is 4.07. The van der Waals surface area contributed by atoms with Gasteiger partial charge in [-0.3, -0.25) is 0 Å². The Kier molecular flexibility index (Phi) is 9.87. The smallest absolute Gasteiger partial charge is 0.338 e. The zero-order chi connectivity index (χ0) is 28.7. The number of nitrogens with zero attached hydrogens (tertiary/aromatic N) is 1. The maximum Gasteiger partial charge on any atom is 0.338 e. The van der Waals surface area contributed by atoms with E-state index in [1.807, 2.05) is 48.5 Å². The number of aryl methyl sites for hydroxylation is 1. The molecule has 0 saturated carbocycles. The highest BCUT2D eigenvalue weighted by Gasteiger charge is 2.26. The predicted molar refractivity (Wildman–Crippen MR) is 157 cm³/mol. The second kappa shape index (κ2) is 13.3. The molecule has 0 fully saturated rings. The normalized spacial score (nSPS) is 11.4. The van der Waals surface area contributed by atoms with E-state index in [4.69, 9.17) is 32.7 Å². The van der Waals surface area contributed by atoms with E-state index in [2.05, 4.69) is 0 Å². The van der Waals surface area contributed by atoms with E-state index in [0.29, 0.717) is 34.4 Å². The molecule has 0 heterocycles. The molecule has 0 bridgehead atoms. The third-order valence-corrected chi connectivity index (χ3v) is 8.76. The summed E-state index contributed by atoms with van der Waals surface area (Å²) in [6.07, 6.45) is 0.472.